The first kappa shape index (κ1) is 14.8. The van der Waals surface area contributed by atoms with E-state index >= 15 is 0 Å². The van der Waals surface area contributed by atoms with Gasteiger partial charge in [0.05, 0.1) is 13.2 Å². The van der Waals surface area contributed by atoms with E-state index < -0.39 is 0 Å². The lowest BCUT2D eigenvalue weighted by Crippen LogP contribution is -1.97. The summed E-state index contributed by atoms with van der Waals surface area (Å²) >= 11 is 0. The van der Waals surface area contributed by atoms with Gasteiger partial charge in [0.1, 0.15) is 5.75 Å². The van der Waals surface area contributed by atoms with E-state index in [-0.39, 0.29) is 6.10 Å². The Hall–Kier alpha value is -1.28. The maximum atomic E-state index is 9.15. The van der Waals surface area contributed by atoms with Gasteiger partial charge in [0.15, 0.2) is 0 Å². The second-order valence-corrected chi connectivity index (χ2v) is 4.78. The Balaban J connectivity index is 2.43. The fourth-order valence-electron chi connectivity index (χ4n) is 1.90. The Morgan fingerprint density at radius 3 is 2.78 bits per heavy atom. The topological polar surface area (TPSA) is 29.5 Å². The normalized spacial score (nSPS) is 12.9. The van der Waals surface area contributed by atoms with Gasteiger partial charge < -0.3 is 9.84 Å². The van der Waals surface area contributed by atoms with Crippen LogP contribution in [-0.2, 0) is 0 Å². The number of allylic oxidation sites excluding steroid dienone is 1. The molecule has 0 heterocycles. The van der Waals surface area contributed by atoms with Gasteiger partial charge in [-0.25, -0.2) is 0 Å². The van der Waals surface area contributed by atoms with Crippen molar-refractivity contribution in [2.24, 2.45) is 0 Å². The van der Waals surface area contributed by atoms with Crippen LogP contribution in [0.15, 0.2) is 24.3 Å². The largest absolute Gasteiger partial charge is 0.496 e. The molecule has 0 bridgehead atoms. The number of hydrogen-bond donors (Lipinski definition) is 1. The molecule has 2 heteroatoms. The maximum Gasteiger partial charge on any atom is 0.126 e. The minimum absolute atomic E-state index is 0.175. The summed E-state index contributed by atoms with van der Waals surface area (Å²) < 4.78 is 5.33. The molecule has 0 saturated heterocycles. The zero-order chi connectivity index (χ0) is 13.4. The molecule has 100 valence electrons. The van der Waals surface area contributed by atoms with Crippen LogP contribution in [0.1, 0.15) is 43.7 Å². The number of aliphatic hydroxyl groups excluding tert-OH is 1. The average molecular weight is 248 g/mol. The van der Waals surface area contributed by atoms with E-state index in [1.54, 1.807) is 7.11 Å². The van der Waals surface area contributed by atoms with Gasteiger partial charge in [-0.15, -0.1) is 0 Å². The predicted octanol–water partition coefficient (Wildman–Crippen LogP) is 3.96. The first-order valence-corrected chi connectivity index (χ1v) is 6.62. The highest BCUT2D eigenvalue weighted by atomic mass is 16.5. The number of benzene rings is 1. The molecular weight excluding hydrogens is 224 g/mol. The van der Waals surface area contributed by atoms with Crippen molar-refractivity contribution < 1.29 is 9.84 Å². The molecule has 0 radical (unpaired) electrons. The number of methoxy groups -OCH3 is 1. The second kappa shape index (κ2) is 7.93. The number of aliphatic hydroxyl groups is 1. The van der Waals surface area contributed by atoms with Crippen LogP contribution in [-0.4, -0.2) is 18.3 Å². The quantitative estimate of drug-likeness (QED) is 0.740. The number of hydrogen-bond acceptors (Lipinski definition) is 2. The first-order valence-electron chi connectivity index (χ1n) is 6.62. The van der Waals surface area contributed by atoms with Crippen LogP contribution in [0.25, 0.3) is 6.08 Å². The molecule has 0 aromatic heterocycles. The minimum atomic E-state index is -0.175. The van der Waals surface area contributed by atoms with E-state index in [1.807, 2.05) is 13.0 Å². The Morgan fingerprint density at radius 1 is 1.33 bits per heavy atom. The SMILES string of the molecule is COc1ccc(C)cc1/C=C/CCCCC(C)O. The van der Waals surface area contributed by atoms with Crippen molar-refractivity contribution in [1.29, 1.82) is 0 Å². The van der Waals surface area contributed by atoms with Crippen molar-refractivity contribution >= 4 is 6.08 Å². The summed E-state index contributed by atoms with van der Waals surface area (Å²) in [7, 11) is 1.70. The van der Waals surface area contributed by atoms with Crippen LogP contribution in [0.4, 0.5) is 0 Å². The third-order valence-corrected chi connectivity index (χ3v) is 2.93. The van der Waals surface area contributed by atoms with Gasteiger partial charge in [0.2, 0.25) is 0 Å². The molecule has 1 atom stereocenters. The smallest absolute Gasteiger partial charge is 0.126 e. The first-order chi connectivity index (χ1) is 8.63. The van der Waals surface area contributed by atoms with Gasteiger partial charge in [-0.1, -0.05) is 30.2 Å². The van der Waals surface area contributed by atoms with Gasteiger partial charge in [-0.05, 0) is 45.2 Å². The van der Waals surface area contributed by atoms with Crippen molar-refractivity contribution in [3.8, 4) is 5.75 Å². The lowest BCUT2D eigenvalue weighted by Gasteiger charge is -2.05. The standard InChI is InChI=1S/C16H24O2/c1-13-10-11-16(18-3)15(12-13)9-7-5-4-6-8-14(2)17/h7,9-12,14,17H,4-6,8H2,1-3H3/b9-7+. The number of aryl methyl sites for hydroxylation is 1. The lowest BCUT2D eigenvalue weighted by atomic mass is 10.1. The fraction of sp³-hybridized carbons (Fsp3) is 0.500. The van der Waals surface area contributed by atoms with Gasteiger partial charge >= 0.3 is 0 Å². The highest BCUT2D eigenvalue weighted by Gasteiger charge is 1.99. The monoisotopic (exact) mass is 248 g/mol. The summed E-state index contributed by atoms with van der Waals surface area (Å²) in [6.07, 6.45) is 8.26. The molecule has 1 aromatic rings. The van der Waals surface area contributed by atoms with Crippen molar-refractivity contribution in [3.05, 3.63) is 35.4 Å². The van der Waals surface area contributed by atoms with E-state index in [0.29, 0.717) is 0 Å². The molecule has 0 fully saturated rings. The van der Waals surface area contributed by atoms with Crippen molar-refractivity contribution in [2.45, 2.75) is 45.6 Å². The third kappa shape index (κ3) is 5.37. The molecule has 0 saturated carbocycles. The fourth-order valence-corrected chi connectivity index (χ4v) is 1.90. The molecule has 0 aliphatic carbocycles. The Kier molecular flexibility index (Phi) is 6.51. The summed E-state index contributed by atoms with van der Waals surface area (Å²) in [4.78, 5) is 0. The number of unbranched alkanes of at least 4 members (excludes halogenated alkanes) is 2. The minimum Gasteiger partial charge on any atom is -0.496 e. The number of rotatable bonds is 7. The van der Waals surface area contributed by atoms with E-state index in [1.165, 1.54) is 5.56 Å². The van der Waals surface area contributed by atoms with Gasteiger partial charge in [-0.3, -0.25) is 0 Å². The molecule has 0 amide bonds. The van der Waals surface area contributed by atoms with Crippen molar-refractivity contribution in [2.75, 3.05) is 7.11 Å². The summed E-state index contributed by atoms with van der Waals surface area (Å²) in [6.45, 7) is 3.92. The molecule has 1 N–H and O–H groups in total. The molecule has 0 aliphatic rings. The summed E-state index contributed by atoms with van der Waals surface area (Å²) in [5, 5.41) is 9.15. The molecule has 1 unspecified atom stereocenters. The van der Waals surface area contributed by atoms with Gasteiger partial charge in [-0.2, -0.15) is 0 Å². The molecule has 1 aromatic carbocycles. The van der Waals surface area contributed by atoms with E-state index in [9.17, 15) is 0 Å². The van der Waals surface area contributed by atoms with Crippen LogP contribution in [0, 0.1) is 6.92 Å². The van der Waals surface area contributed by atoms with E-state index in [2.05, 4.69) is 31.2 Å². The highest BCUT2D eigenvalue weighted by Crippen LogP contribution is 2.21. The predicted molar refractivity (Wildman–Crippen MR) is 76.9 cm³/mol. The highest BCUT2D eigenvalue weighted by molar-refractivity contribution is 5.58. The Labute approximate surface area is 110 Å². The van der Waals surface area contributed by atoms with Crippen LogP contribution in [0.2, 0.25) is 0 Å². The molecule has 0 spiro atoms. The molecule has 18 heavy (non-hydrogen) atoms. The number of ether oxygens (including phenoxy) is 1. The molecule has 0 aliphatic heterocycles. The Bertz CT molecular complexity index is 381. The zero-order valence-corrected chi connectivity index (χ0v) is 11.6. The second-order valence-electron chi connectivity index (χ2n) is 4.78. The maximum absolute atomic E-state index is 9.15. The van der Waals surface area contributed by atoms with Gasteiger partial charge in [0.25, 0.3) is 0 Å². The third-order valence-electron chi connectivity index (χ3n) is 2.93. The zero-order valence-electron chi connectivity index (χ0n) is 11.6. The Morgan fingerprint density at radius 2 is 2.11 bits per heavy atom. The van der Waals surface area contributed by atoms with Crippen molar-refractivity contribution in [1.82, 2.24) is 0 Å². The van der Waals surface area contributed by atoms with Gasteiger partial charge in [0, 0.05) is 5.56 Å². The summed E-state index contributed by atoms with van der Waals surface area (Å²) in [6, 6.07) is 6.19. The van der Waals surface area contributed by atoms with E-state index in [0.717, 1.165) is 37.0 Å². The molecular formula is C16H24O2. The summed E-state index contributed by atoms with van der Waals surface area (Å²) in [5.74, 6) is 0.917. The molecule has 1 rings (SSSR count). The lowest BCUT2D eigenvalue weighted by molar-refractivity contribution is 0.181. The summed E-state index contributed by atoms with van der Waals surface area (Å²) in [5.41, 5.74) is 2.37. The van der Waals surface area contributed by atoms with Crippen LogP contribution in [0.3, 0.4) is 0 Å². The van der Waals surface area contributed by atoms with Crippen molar-refractivity contribution in [3.63, 3.8) is 0 Å². The van der Waals surface area contributed by atoms with Crippen LogP contribution >= 0.6 is 0 Å². The van der Waals surface area contributed by atoms with Crippen LogP contribution in [0.5, 0.6) is 5.75 Å². The van der Waals surface area contributed by atoms with Crippen LogP contribution < -0.4 is 4.74 Å². The van der Waals surface area contributed by atoms with E-state index in [4.69, 9.17) is 9.84 Å². The molecule has 2 nitrogen and oxygen atoms in total. The average Bonchev–Trinajstić information content (AvgIpc) is 2.33.